The van der Waals surface area contributed by atoms with Gasteiger partial charge in [0.15, 0.2) is 0 Å². The van der Waals surface area contributed by atoms with Crippen LogP contribution in [0.1, 0.15) is 5.56 Å². The lowest BCUT2D eigenvalue weighted by Gasteiger charge is -2.08. The van der Waals surface area contributed by atoms with Crippen molar-refractivity contribution in [1.29, 1.82) is 0 Å². The first-order valence-electron chi connectivity index (χ1n) is 4.87. The number of pyridine rings is 1. The van der Waals surface area contributed by atoms with Gasteiger partial charge in [0.25, 0.3) is 5.56 Å². The summed E-state index contributed by atoms with van der Waals surface area (Å²) >= 11 is 9.16. The summed E-state index contributed by atoms with van der Waals surface area (Å²) in [6.45, 7) is 0.115. The van der Waals surface area contributed by atoms with Gasteiger partial charge in [0.2, 0.25) is 0 Å². The molecule has 0 N–H and O–H groups in total. The van der Waals surface area contributed by atoms with Crippen LogP contribution in [0.4, 0.5) is 4.39 Å². The fourth-order valence-electron chi connectivity index (χ4n) is 1.48. The van der Waals surface area contributed by atoms with E-state index in [1.54, 1.807) is 18.3 Å². The number of hydrogen-bond acceptors (Lipinski definition) is 1. The molecule has 1 heterocycles. The van der Waals surface area contributed by atoms with Crippen molar-refractivity contribution in [3.05, 3.63) is 67.8 Å². The third-order valence-corrected chi connectivity index (χ3v) is 3.16. The van der Waals surface area contributed by atoms with Crippen molar-refractivity contribution >= 4 is 27.5 Å². The van der Waals surface area contributed by atoms with Gasteiger partial charge in [-0.05, 0) is 34.1 Å². The highest BCUT2D eigenvalue weighted by molar-refractivity contribution is 9.10. The normalized spacial score (nSPS) is 10.5. The molecule has 0 aliphatic rings. The molecule has 0 saturated heterocycles. The van der Waals surface area contributed by atoms with Gasteiger partial charge >= 0.3 is 0 Å². The molecule has 1 aromatic heterocycles. The minimum atomic E-state index is -0.413. The Morgan fingerprint density at radius 2 is 2.06 bits per heavy atom. The predicted molar refractivity (Wildman–Crippen MR) is 68.9 cm³/mol. The zero-order valence-corrected chi connectivity index (χ0v) is 11.0. The van der Waals surface area contributed by atoms with E-state index in [0.717, 1.165) is 4.47 Å². The molecule has 0 aliphatic carbocycles. The second kappa shape index (κ2) is 5.02. The van der Waals surface area contributed by atoms with E-state index in [2.05, 4.69) is 15.9 Å². The van der Waals surface area contributed by atoms with Gasteiger partial charge in [-0.15, -0.1) is 0 Å². The summed E-state index contributed by atoms with van der Waals surface area (Å²) < 4.78 is 15.7. The van der Waals surface area contributed by atoms with Crippen molar-refractivity contribution < 1.29 is 4.39 Å². The maximum absolute atomic E-state index is 13.6. The van der Waals surface area contributed by atoms with Crippen LogP contribution in [-0.4, -0.2) is 4.57 Å². The van der Waals surface area contributed by atoms with E-state index in [1.165, 1.54) is 22.8 Å². The van der Waals surface area contributed by atoms with E-state index >= 15 is 0 Å². The molecule has 17 heavy (non-hydrogen) atoms. The number of nitrogens with zero attached hydrogens (tertiary/aromatic N) is 1. The number of rotatable bonds is 2. The molecule has 2 aromatic rings. The van der Waals surface area contributed by atoms with E-state index in [9.17, 15) is 9.18 Å². The topological polar surface area (TPSA) is 22.0 Å². The Morgan fingerprint density at radius 1 is 1.29 bits per heavy atom. The first-order chi connectivity index (χ1) is 8.08. The van der Waals surface area contributed by atoms with Crippen LogP contribution in [0.3, 0.4) is 0 Å². The Balaban J connectivity index is 2.45. The lowest BCUT2D eigenvalue weighted by atomic mass is 10.2. The summed E-state index contributed by atoms with van der Waals surface area (Å²) in [6, 6.07) is 7.51. The first-order valence-corrected chi connectivity index (χ1v) is 6.04. The van der Waals surface area contributed by atoms with Gasteiger partial charge in [-0.3, -0.25) is 4.79 Å². The van der Waals surface area contributed by atoms with E-state index < -0.39 is 5.82 Å². The molecule has 0 aliphatic heterocycles. The van der Waals surface area contributed by atoms with Crippen LogP contribution < -0.4 is 5.56 Å². The van der Waals surface area contributed by atoms with Crippen LogP contribution in [0.25, 0.3) is 0 Å². The van der Waals surface area contributed by atoms with Gasteiger partial charge in [-0.2, -0.15) is 0 Å². The molecule has 2 rings (SSSR count). The monoisotopic (exact) mass is 315 g/mol. The molecule has 1 aromatic carbocycles. The molecule has 0 spiro atoms. The summed E-state index contributed by atoms with van der Waals surface area (Å²) in [4.78, 5) is 11.6. The number of aromatic nitrogens is 1. The van der Waals surface area contributed by atoms with Gasteiger partial charge in [0, 0.05) is 27.3 Å². The van der Waals surface area contributed by atoms with E-state index in [-0.39, 0.29) is 12.1 Å². The van der Waals surface area contributed by atoms with Crippen molar-refractivity contribution in [2.24, 2.45) is 0 Å². The lowest BCUT2D eigenvalue weighted by molar-refractivity contribution is 0.596. The zero-order chi connectivity index (χ0) is 12.4. The highest BCUT2D eigenvalue weighted by atomic mass is 79.9. The molecular weight excluding hydrogens is 308 g/mol. The van der Waals surface area contributed by atoms with Gasteiger partial charge in [0.05, 0.1) is 6.54 Å². The molecule has 2 nitrogen and oxygen atoms in total. The molecule has 0 bridgehead atoms. The summed E-state index contributed by atoms with van der Waals surface area (Å²) in [6.07, 6.45) is 1.60. The average Bonchev–Trinajstić information content (AvgIpc) is 2.28. The van der Waals surface area contributed by atoms with Crippen LogP contribution in [0.2, 0.25) is 5.02 Å². The molecular formula is C12H8BrClFNO. The molecule has 88 valence electrons. The Bertz CT molecular complexity index is 591. The van der Waals surface area contributed by atoms with Crippen molar-refractivity contribution in [1.82, 2.24) is 4.57 Å². The zero-order valence-electron chi connectivity index (χ0n) is 8.66. The van der Waals surface area contributed by atoms with Crippen molar-refractivity contribution in [3.8, 4) is 0 Å². The van der Waals surface area contributed by atoms with Crippen LogP contribution in [0.15, 0.2) is 45.8 Å². The van der Waals surface area contributed by atoms with Gasteiger partial charge < -0.3 is 4.57 Å². The molecule has 0 unspecified atom stereocenters. The fraction of sp³-hybridized carbons (Fsp3) is 0.0833. The molecule has 0 saturated carbocycles. The summed E-state index contributed by atoms with van der Waals surface area (Å²) in [5.74, 6) is -0.413. The fourth-order valence-corrected chi connectivity index (χ4v) is 2.08. The van der Waals surface area contributed by atoms with Crippen LogP contribution in [-0.2, 0) is 6.54 Å². The van der Waals surface area contributed by atoms with E-state index in [0.29, 0.717) is 10.6 Å². The Morgan fingerprint density at radius 3 is 2.76 bits per heavy atom. The predicted octanol–water partition coefficient (Wildman–Crippen LogP) is 3.45. The van der Waals surface area contributed by atoms with Crippen molar-refractivity contribution in [2.45, 2.75) is 6.54 Å². The maximum Gasteiger partial charge on any atom is 0.250 e. The Labute approximate surface area is 111 Å². The Kier molecular flexibility index (Phi) is 3.64. The van der Waals surface area contributed by atoms with Crippen LogP contribution in [0.5, 0.6) is 0 Å². The highest BCUT2D eigenvalue weighted by Gasteiger charge is 2.08. The summed E-state index contributed by atoms with van der Waals surface area (Å²) in [5, 5.41) is 0.317. The molecule has 0 atom stereocenters. The van der Waals surface area contributed by atoms with Gasteiger partial charge in [-0.1, -0.05) is 17.7 Å². The quantitative estimate of drug-likeness (QED) is 0.832. The molecule has 0 amide bonds. The molecule has 0 fully saturated rings. The Hall–Kier alpha value is -1.13. The minimum Gasteiger partial charge on any atom is -0.310 e. The van der Waals surface area contributed by atoms with Crippen molar-refractivity contribution in [2.75, 3.05) is 0 Å². The average molecular weight is 317 g/mol. The standard InChI is InChI=1S/C12H8BrClFNO/c13-8-4-5-12(17)16(6-8)7-9-10(14)2-1-3-11(9)15/h1-6H,7H2. The number of hydrogen-bond donors (Lipinski definition) is 0. The van der Waals surface area contributed by atoms with Crippen LogP contribution in [0, 0.1) is 5.82 Å². The van der Waals surface area contributed by atoms with Crippen molar-refractivity contribution in [3.63, 3.8) is 0 Å². The van der Waals surface area contributed by atoms with E-state index in [1.807, 2.05) is 0 Å². The third kappa shape index (κ3) is 2.76. The highest BCUT2D eigenvalue weighted by Crippen LogP contribution is 2.19. The number of benzene rings is 1. The van der Waals surface area contributed by atoms with E-state index in [4.69, 9.17) is 11.6 Å². The second-order valence-electron chi connectivity index (χ2n) is 3.51. The largest absolute Gasteiger partial charge is 0.310 e. The summed E-state index contributed by atoms with van der Waals surface area (Å²) in [7, 11) is 0. The van der Waals surface area contributed by atoms with Crippen LogP contribution >= 0.6 is 27.5 Å². The second-order valence-corrected chi connectivity index (χ2v) is 4.84. The third-order valence-electron chi connectivity index (χ3n) is 2.34. The SMILES string of the molecule is O=c1ccc(Br)cn1Cc1c(F)cccc1Cl. The first kappa shape index (κ1) is 12.3. The van der Waals surface area contributed by atoms with Gasteiger partial charge in [-0.25, -0.2) is 4.39 Å². The molecule has 0 radical (unpaired) electrons. The lowest BCUT2D eigenvalue weighted by Crippen LogP contribution is -2.19. The maximum atomic E-state index is 13.6. The molecule has 5 heteroatoms. The van der Waals surface area contributed by atoms with Gasteiger partial charge in [0.1, 0.15) is 5.82 Å². The summed E-state index contributed by atoms with van der Waals surface area (Å²) in [5.41, 5.74) is 0.113. The number of halogens is 3. The smallest absolute Gasteiger partial charge is 0.250 e. The minimum absolute atomic E-state index is 0.115.